The number of hydrogen-bond donors (Lipinski definition) is 3. The van der Waals surface area contributed by atoms with Crippen LogP contribution in [0.25, 0.3) is 11.4 Å². The van der Waals surface area contributed by atoms with Crippen LogP contribution in [0.3, 0.4) is 0 Å². The molecule has 9 nitrogen and oxygen atoms in total. The highest BCUT2D eigenvalue weighted by molar-refractivity contribution is 6.05. The summed E-state index contributed by atoms with van der Waals surface area (Å²) >= 11 is 0. The highest BCUT2D eigenvalue weighted by atomic mass is 19.1. The normalized spacial score (nSPS) is 12.8. The predicted molar refractivity (Wildman–Crippen MR) is 112 cm³/mol. The number of carbonyl (C=O) groups excluding carboxylic acids is 2. The standard InChI is InChI=1S/C22H22FN5O4/c1-21(2,11-24)27-20(30)17-16(18(25)29)26-19-13-9-12(5-6-22(3,4)31)14(23)10-15(13)32-8-7-28(17)19/h9-10,31H,7-8H2,1-4H3,(H2,25,29)(H,27,30). The fraction of sp³-hybridized carbons (Fsp3) is 0.364. The van der Waals surface area contributed by atoms with Crippen LogP contribution in [0.2, 0.25) is 0 Å². The zero-order valence-electron chi connectivity index (χ0n) is 18.0. The SMILES string of the molecule is CC(C)(O)C#Cc1cc2c(cc1F)OCCn1c-2nc(C(N)=O)c1C(=O)NC(C)(C)C#N. The fourth-order valence-electron chi connectivity index (χ4n) is 3.06. The van der Waals surface area contributed by atoms with E-state index in [9.17, 15) is 24.3 Å². The van der Waals surface area contributed by atoms with Crippen molar-refractivity contribution in [1.82, 2.24) is 14.9 Å². The topological polar surface area (TPSA) is 143 Å². The van der Waals surface area contributed by atoms with E-state index in [1.54, 1.807) is 0 Å². The summed E-state index contributed by atoms with van der Waals surface area (Å²) in [5.74, 6) is 3.13. The molecule has 2 aromatic rings. The zero-order chi connectivity index (χ0) is 23.8. The van der Waals surface area contributed by atoms with Crippen LogP contribution in [-0.2, 0) is 6.54 Å². The zero-order valence-corrected chi connectivity index (χ0v) is 18.0. The Morgan fingerprint density at radius 2 is 2.03 bits per heavy atom. The Morgan fingerprint density at radius 1 is 1.34 bits per heavy atom. The minimum absolute atomic E-state index is 0.0248. The summed E-state index contributed by atoms with van der Waals surface area (Å²) in [5, 5.41) is 21.6. The molecule has 0 atom stereocenters. The Bertz CT molecular complexity index is 1220. The number of benzene rings is 1. The summed E-state index contributed by atoms with van der Waals surface area (Å²) in [6.07, 6.45) is 0. The molecule has 0 bridgehead atoms. The van der Waals surface area contributed by atoms with Gasteiger partial charge in [0.25, 0.3) is 11.8 Å². The highest BCUT2D eigenvalue weighted by Gasteiger charge is 2.32. The number of nitrogens with zero attached hydrogens (tertiary/aromatic N) is 3. The van der Waals surface area contributed by atoms with Crippen LogP contribution in [0.15, 0.2) is 12.1 Å². The second-order valence-electron chi connectivity index (χ2n) is 8.33. The average molecular weight is 439 g/mol. The highest BCUT2D eigenvalue weighted by Crippen LogP contribution is 2.35. The van der Waals surface area contributed by atoms with Crippen molar-refractivity contribution in [3.8, 4) is 35.0 Å². The van der Waals surface area contributed by atoms with Crippen LogP contribution >= 0.6 is 0 Å². The minimum Gasteiger partial charge on any atom is -0.491 e. The number of halogens is 1. The van der Waals surface area contributed by atoms with Crippen molar-refractivity contribution < 1.29 is 23.8 Å². The lowest BCUT2D eigenvalue weighted by Gasteiger charge is -2.18. The van der Waals surface area contributed by atoms with E-state index < -0.39 is 28.8 Å². The van der Waals surface area contributed by atoms with Gasteiger partial charge in [-0.15, -0.1) is 0 Å². The summed E-state index contributed by atoms with van der Waals surface area (Å²) in [6, 6.07) is 4.46. The van der Waals surface area contributed by atoms with E-state index in [1.165, 1.54) is 38.3 Å². The number of imidazole rings is 1. The van der Waals surface area contributed by atoms with E-state index in [0.717, 1.165) is 6.07 Å². The van der Waals surface area contributed by atoms with E-state index in [0.29, 0.717) is 5.56 Å². The van der Waals surface area contributed by atoms with Crippen LogP contribution in [-0.4, -0.2) is 44.2 Å². The first-order valence-electron chi connectivity index (χ1n) is 9.69. The smallest absolute Gasteiger partial charge is 0.271 e. The number of aromatic nitrogens is 2. The van der Waals surface area contributed by atoms with Gasteiger partial charge in [-0.3, -0.25) is 9.59 Å². The molecule has 3 rings (SSSR count). The maximum atomic E-state index is 14.6. The number of carbonyl (C=O) groups is 2. The molecule has 0 saturated carbocycles. The van der Waals surface area contributed by atoms with Crippen LogP contribution in [0.1, 0.15) is 54.2 Å². The van der Waals surface area contributed by atoms with Gasteiger partial charge in [-0.25, -0.2) is 9.37 Å². The van der Waals surface area contributed by atoms with Crippen LogP contribution < -0.4 is 15.8 Å². The molecular formula is C22H22FN5O4. The van der Waals surface area contributed by atoms with Crippen molar-refractivity contribution in [3.63, 3.8) is 0 Å². The second-order valence-corrected chi connectivity index (χ2v) is 8.33. The average Bonchev–Trinajstić information content (AvgIpc) is 2.98. The molecular weight excluding hydrogens is 417 g/mol. The second kappa shape index (κ2) is 7.98. The molecule has 0 spiro atoms. The number of nitrogens with two attached hydrogens (primary N) is 1. The lowest BCUT2D eigenvalue weighted by Crippen LogP contribution is -2.43. The molecule has 1 aromatic heterocycles. The van der Waals surface area contributed by atoms with Crippen molar-refractivity contribution in [2.24, 2.45) is 5.73 Å². The third kappa shape index (κ3) is 4.56. The Kier molecular flexibility index (Phi) is 5.69. The van der Waals surface area contributed by atoms with Crippen molar-refractivity contribution in [2.45, 2.75) is 45.4 Å². The Labute approximate surface area is 184 Å². The van der Waals surface area contributed by atoms with Crippen molar-refractivity contribution >= 4 is 11.8 Å². The van der Waals surface area contributed by atoms with Gasteiger partial charge in [-0.1, -0.05) is 11.8 Å². The summed E-state index contributed by atoms with van der Waals surface area (Å²) in [6.45, 7) is 6.11. The monoisotopic (exact) mass is 439 g/mol. The van der Waals surface area contributed by atoms with Crippen LogP contribution in [0.5, 0.6) is 5.75 Å². The lowest BCUT2D eigenvalue weighted by atomic mass is 10.1. The third-order valence-corrected chi connectivity index (χ3v) is 4.51. The van der Waals surface area contributed by atoms with Gasteiger partial charge in [-0.2, -0.15) is 5.26 Å². The lowest BCUT2D eigenvalue weighted by molar-refractivity contribution is 0.0904. The van der Waals surface area contributed by atoms with Crippen LogP contribution in [0, 0.1) is 29.0 Å². The molecule has 0 fully saturated rings. The molecule has 0 unspecified atom stereocenters. The number of fused-ring (bicyclic) bond motifs is 3. The van der Waals surface area contributed by atoms with Gasteiger partial charge in [-0.05, 0) is 33.8 Å². The summed E-state index contributed by atoms with van der Waals surface area (Å²) in [7, 11) is 0. The molecule has 4 N–H and O–H groups in total. The maximum absolute atomic E-state index is 14.6. The molecule has 0 aliphatic carbocycles. The minimum atomic E-state index is -1.34. The van der Waals surface area contributed by atoms with Gasteiger partial charge in [0.1, 0.15) is 40.8 Å². The number of amides is 2. The summed E-state index contributed by atoms with van der Waals surface area (Å²) in [4.78, 5) is 29.3. The molecule has 32 heavy (non-hydrogen) atoms. The first-order chi connectivity index (χ1) is 14.8. The Hall–Kier alpha value is -3.89. The molecule has 1 aliphatic heterocycles. The fourth-order valence-corrected chi connectivity index (χ4v) is 3.06. The molecule has 2 heterocycles. The van der Waals surface area contributed by atoms with Gasteiger partial charge in [0.05, 0.1) is 23.7 Å². The van der Waals surface area contributed by atoms with Crippen molar-refractivity contribution in [2.75, 3.05) is 6.61 Å². The van der Waals surface area contributed by atoms with Crippen molar-refractivity contribution in [1.29, 1.82) is 5.26 Å². The first-order valence-corrected chi connectivity index (χ1v) is 9.69. The molecule has 2 amide bonds. The Balaban J connectivity index is 2.22. The number of rotatable bonds is 3. The van der Waals surface area contributed by atoms with E-state index in [1.807, 2.05) is 6.07 Å². The molecule has 166 valence electrons. The van der Waals surface area contributed by atoms with E-state index in [2.05, 4.69) is 22.1 Å². The number of ether oxygens (including phenoxy) is 1. The molecule has 0 saturated heterocycles. The van der Waals surface area contributed by atoms with E-state index in [-0.39, 0.29) is 41.7 Å². The number of aliphatic hydroxyl groups is 1. The molecule has 10 heteroatoms. The van der Waals surface area contributed by atoms with E-state index >= 15 is 0 Å². The molecule has 1 aromatic carbocycles. The quantitative estimate of drug-likeness (QED) is 0.616. The van der Waals surface area contributed by atoms with Crippen LogP contribution in [0.4, 0.5) is 4.39 Å². The number of hydrogen-bond acceptors (Lipinski definition) is 6. The van der Waals surface area contributed by atoms with Gasteiger partial charge in [0.2, 0.25) is 0 Å². The Morgan fingerprint density at radius 3 is 2.62 bits per heavy atom. The van der Waals surface area contributed by atoms with Gasteiger partial charge in [0, 0.05) is 6.07 Å². The third-order valence-electron chi connectivity index (χ3n) is 4.51. The van der Waals surface area contributed by atoms with Gasteiger partial charge in [0.15, 0.2) is 5.69 Å². The summed E-state index contributed by atoms with van der Waals surface area (Å²) in [5.41, 5.74) is 2.78. The largest absolute Gasteiger partial charge is 0.491 e. The molecule has 0 radical (unpaired) electrons. The van der Waals surface area contributed by atoms with Gasteiger partial charge >= 0.3 is 0 Å². The number of nitrogens with one attached hydrogen (secondary N) is 1. The number of primary amides is 1. The summed E-state index contributed by atoms with van der Waals surface area (Å²) < 4.78 is 21.6. The van der Waals surface area contributed by atoms with Crippen molar-refractivity contribution in [3.05, 3.63) is 34.9 Å². The maximum Gasteiger partial charge on any atom is 0.271 e. The number of nitriles is 1. The first kappa shape index (κ1) is 22.8. The van der Waals surface area contributed by atoms with E-state index in [4.69, 9.17) is 10.5 Å². The predicted octanol–water partition coefficient (Wildman–Crippen LogP) is 1.33. The molecule has 1 aliphatic rings. The van der Waals surface area contributed by atoms with Gasteiger partial charge < -0.3 is 25.5 Å².